The van der Waals surface area contributed by atoms with Gasteiger partial charge < -0.3 is 15.3 Å². The first-order valence-electron chi connectivity index (χ1n) is 10.5. The minimum atomic E-state index is -0.474. The van der Waals surface area contributed by atoms with Crippen molar-refractivity contribution in [3.05, 3.63) is 0 Å². The van der Waals surface area contributed by atoms with Gasteiger partial charge in [-0.25, -0.2) is 0 Å². The van der Waals surface area contributed by atoms with Crippen molar-refractivity contribution in [1.82, 2.24) is 15.1 Å². The maximum atomic E-state index is 12.5. The number of aliphatic hydroxyl groups excluding tert-OH is 1. The summed E-state index contributed by atoms with van der Waals surface area (Å²) in [5.74, 6) is -0.819. The van der Waals surface area contributed by atoms with E-state index in [-0.39, 0.29) is 11.5 Å². The van der Waals surface area contributed by atoms with Gasteiger partial charge in [-0.2, -0.15) is 0 Å². The number of hydrogen-bond donors (Lipinski definition) is 2. The highest BCUT2D eigenvalue weighted by Gasteiger charge is 2.39. The second kappa shape index (κ2) is 8.70. The first-order valence-corrected chi connectivity index (χ1v) is 10.5. The van der Waals surface area contributed by atoms with Crippen LogP contribution in [0.2, 0.25) is 0 Å². The molecule has 6 nitrogen and oxygen atoms in total. The van der Waals surface area contributed by atoms with Gasteiger partial charge in [-0.05, 0) is 52.1 Å². The predicted molar refractivity (Wildman–Crippen MR) is 101 cm³/mol. The second-order valence-corrected chi connectivity index (χ2v) is 8.56. The van der Waals surface area contributed by atoms with Crippen LogP contribution >= 0.6 is 0 Å². The molecule has 0 aromatic heterocycles. The van der Waals surface area contributed by atoms with Gasteiger partial charge in [-0.15, -0.1) is 0 Å². The fourth-order valence-electron chi connectivity index (χ4n) is 5.01. The van der Waals surface area contributed by atoms with Gasteiger partial charge in [0, 0.05) is 31.1 Å². The van der Waals surface area contributed by atoms with Crippen LogP contribution in [0, 0.1) is 5.92 Å². The Kier molecular flexibility index (Phi) is 6.56. The molecular formula is C20H35N3O3. The smallest absolute Gasteiger partial charge is 0.311 e. The fraction of sp³-hybridized carbons (Fsp3) is 0.900. The number of carbonyl (C=O) groups is 2. The Morgan fingerprint density at radius 2 is 1.73 bits per heavy atom. The van der Waals surface area contributed by atoms with E-state index in [1.807, 2.05) is 0 Å². The fourth-order valence-corrected chi connectivity index (χ4v) is 5.01. The van der Waals surface area contributed by atoms with Crippen molar-refractivity contribution < 1.29 is 14.7 Å². The molecule has 2 atom stereocenters. The molecule has 0 unspecified atom stereocenters. The Hall–Kier alpha value is -1.14. The topological polar surface area (TPSA) is 72.9 Å². The van der Waals surface area contributed by atoms with Crippen molar-refractivity contribution in [2.24, 2.45) is 5.92 Å². The highest BCUT2D eigenvalue weighted by Crippen LogP contribution is 2.35. The molecule has 6 heteroatoms. The van der Waals surface area contributed by atoms with Gasteiger partial charge in [0.2, 0.25) is 0 Å². The van der Waals surface area contributed by atoms with E-state index < -0.39 is 17.9 Å². The van der Waals surface area contributed by atoms with Gasteiger partial charge in [-0.3, -0.25) is 14.5 Å². The van der Waals surface area contributed by atoms with Gasteiger partial charge in [0.05, 0.1) is 6.10 Å². The Morgan fingerprint density at radius 3 is 2.35 bits per heavy atom. The zero-order chi connectivity index (χ0) is 18.6. The highest BCUT2D eigenvalue weighted by molar-refractivity contribution is 6.35. The molecule has 2 N–H and O–H groups in total. The zero-order valence-electron chi connectivity index (χ0n) is 16.2. The van der Waals surface area contributed by atoms with Crippen molar-refractivity contribution in [2.75, 3.05) is 32.7 Å². The highest BCUT2D eigenvalue weighted by atomic mass is 16.3. The molecule has 3 aliphatic rings. The quantitative estimate of drug-likeness (QED) is 0.741. The summed E-state index contributed by atoms with van der Waals surface area (Å²) in [6.45, 7) is 5.63. The van der Waals surface area contributed by atoms with Crippen molar-refractivity contribution >= 4 is 11.8 Å². The summed E-state index contributed by atoms with van der Waals surface area (Å²) in [4.78, 5) is 29.2. The van der Waals surface area contributed by atoms with E-state index in [4.69, 9.17) is 0 Å². The summed E-state index contributed by atoms with van der Waals surface area (Å²) in [7, 11) is 0. The van der Waals surface area contributed by atoms with Gasteiger partial charge in [0.15, 0.2) is 0 Å². The molecule has 0 spiro atoms. The number of rotatable bonds is 4. The number of aliphatic hydroxyl groups is 1. The molecule has 148 valence electrons. The maximum absolute atomic E-state index is 12.5. The lowest BCUT2D eigenvalue weighted by Gasteiger charge is -2.48. The molecular weight excluding hydrogens is 330 g/mol. The second-order valence-electron chi connectivity index (χ2n) is 8.56. The standard InChI is InChI=1S/C20H35N3O3/c1-16(24)17-8-13-22(14-17)19(26)18(25)21-15-20(9-4-2-5-10-20)23-11-6-3-7-12-23/h16-17,24H,2-15H2,1H3,(H,21,25)/t16-,17+/m1/s1. The van der Waals surface area contributed by atoms with Crippen molar-refractivity contribution in [1.29, 1.82) is 0 Å². The van der Waals surface area contributed by atoms with Gasteiger partial charge in [0.25, 0.3) is 0 Å². The lowest BCUT2D eigenvalue weighted by molar-refractivity contribution is -0.145. The monoisotopic (exact) mass is 365 g/mol. The van der Waals surface area contributed by atoms with E-state index in [2.05, 4.69) is 10.2 Å². The third kappa shape index (κ3) is 4.39. The normalized spacial score (nSPS) is 27.9. The number of nitrogens with one attached hydrogen (secondary N) is 1. The molecule has 2 amide bonds. The molecule has 2 saturated heterocycles. The van der Waals surface area contributed by atoms with Crippen LogP contribution in [0.3, 0.4) is 0 Å². The van der Waals surface area contributed by atoms with Gasteiger partial charge >= 0.3 is 11.8 Å². The minimum Gasteiger partial charge on any atom is -0.393 e. The molecule has 0 aromatic carbocycles. The molecule has 2 heterocycles. The minimum absolute atomic E-state index is 0.0434. The van der Waals surface area contributed by atoms with Crippen molar-refractivity contribution in [3.8, 4) is 0 Å². The first-order chi connectivity index (χ1) is 12.5. The molecule has 3 fully saturated rings. The number of hydrogen-bond acceptors (Lipinski definition) is 4. The largest absolute Gasteiger partial charge is 0.393 e. The summed E-state index contributed by atoms with van der Waals surface area (Å²) in [6.07, 6.45) is 10.1. The Labute approximate surface area is 157 Å². The molecule has 0 radical (unpaired) electrons. The number of carbonyl (C=O) groups excluding carboxylic acids is 2. The summed E-state index contributed by atoms with van der Waals surface area (Å²) in [5.41, 5.74) is 0.0434. The first kappa shape index (κ1) is 19.6. The molecule has 26 heavy (non-hydrogen) atoms. The van der Waals surface area contributed by atoms with Gasteiger partial charge in [0.1, 0.15) is 0 Å². The zero-order valence-corrected chi connectivity index (χ0v) is 16.2. The lowest BCUT2D eigenvalue weighted by atomic mass is 9.79. The Balaban J connectivity index is 1.56. The predicted octanol–water partition coefficient (Wildman–Crippen LogP) is 1.52. The van der Waals surface area contributed by atoms with E-state index in [0.29, 0.717) is 19.6 Å². The summed E-state index contributed by atoms with van der Waals surface area (Å²) in [6, 6.07) is 0. The molecule has 3 rings (SSSR count). The number of nitrogens with zero attached hydrogens (tertiary/aromatic N) is 2. The third-order valence-corrected chi connectivity index (χ3v) is 6.78. The van der Waals surface area contributed by atoms with Crippen LogP contribution < -0.4 is 5.32 Å². The number of piperidine rings is 1. The third-order valence-electron chi connectivity index (χ3n) is 6.78. The number of amides is 2. The maximum Gasteiger partial charge on any atom is 0.311 e. The van der Waals surface area contributed by atoms with Crippen LogP contribution in [-0.2, 0) is 9.59 Å². The van der Waals surface area contributed by atoms with Crippen LogP contribution in [0.15, 0.2) is 0 Å². The molecule has 2 aliphatic heterocycles. The number of likely N-dealkylation sites (tertiary alicyclic amines) is 2. The van der Waals surface area contributed by atoms with E-state index in [1.165, 1.54) is 38.5 Å². The van der Waals surface area contributed by atoms with E-state index in [9.17, 15) is 14.7 Å². The van der Waals surface area contributed by atoms with Crippen LogP contribution in [0.5, 0.6) is 0 Å². The SMILES string of the molecule is C[C@@H](O)[C@H]1CCN(C(=O)C(=O)NCC2(N3CCCCC3)CCCCC2)C1. The van der Waals surface area contributed by atoms with Crippen molar-refractivity contribution in [3.63, 3.8) is 0 Å². The van der Waals surface area contributed by atoms with Gasteiger partial charge in [-0.1, -0.05) is 25.7 Å². The Morgan fingerprint density at radius 1 is 1.08 bits per heavy atom. The molecule has 0 bridgehead atoms. The Bertz CT molecular complexity index is 497. The van der Waals surface area contributed by atoms with Crippen LogP contribution in [0.4, 0.5) is 0 Å². The average Bonchev–Trinajstić information content (AvgIpc) is 3.17. The van der Waals surface area contributed by atoms with E-state index in [1.54, 1.807) is 11.8 Å². The summed E-state index contributed by atoms with van der Waals surface area (Å²) < 4.78 is 0. The van der Waals surface area contributed by atoms with Crippen molar-refractivity contribution in [2.45, 2.75) is 76.4 Å². The van der Waals surface area contributed by atoms with Crippen LogP contribution in [-0.4, -0.2) is 71.1 Å². The van der Waals surface area contributed by atoms with E-state index in [0.717, 1.165) is 32.4 Å². The van der Waals surface area contributed by atoms with E-state index >= 15 is 0 Å². The molecule has 0 aromatic rings. The van der Waals surface area contributed by atoms with Crippen LogP contribution in [0.25, 0.3) is 0 Å². The molecule has 1 aliphatic carbocycles. The van der Waals surface area contributed by atoms with Crippen LogP contribution in [0.1, 0.15) is 64.7 Å². The summed E-state index contributed by atoms with van der Waals surface area (Å²) in [5, 5.41) is 12.7. The average molecular weight is 366 g/mol. The lowest BCUT2D eigenvalue weighted by Crippen LogP contribution is -2.59. The summed E-state index contributed by atoms with van der Waals surface area (Å²) >= 11 is 0. The molecule has 1 saturated carbocycles.